The number of hydrogen-bond acceptors (Lipinski definition) is 0. The molecule has 0 saturated heterocycles. The summed E-state index contributed by atoms with van der Waals surface area (Å²) in [6, 6.07) is 0. The average molecular weight is 283 g/mol. The summed E-state index contributed by atoms with van der Waals surface area (Å²) < 4.78 is 0. The lowest BCUT2D eigenvalue weighted by atomic mass is 9.76. The molecule has 0 spiro atoms. The predicted octanol–water partition coefficient (Wildman–Crippen LogP) is 7.62. The van der Waals surface area contributed by atoms with Crippen molar-refractivity contribution in [3.05, 3.63) is 0 Å². The summed E-state index contributed by atoms with van der Waals surface area (Å²) in [6.07, 6.45) is 17.4. The van der Waals surface area contributed by atoms with Gasteiger partial charge in [0.15, 0.2) is 0 Å². The fourth-order valence-corrected chi connectivity index (χ4v) is 3.38. The first-order valence-electron chi connectivity index (χ1n) is 9.61. The molecule has 0 aliphatic heterocycles. The maximum atomic E-state index is 2.44. The minimum absolute atomic E-state index is 0.903. The zero-order valence-corrected chi connectivity index (χ0v) is 15.2. The van der Waals surface area contributed by atoms with Crippen LogP contribution in [0.15, 0.2) is 0 Å². The smallest absolute Gasteiger partial charge is 0.0386 e. The van der Waals surface area contributed by atoms with Crippen molar-refractivity contribution in [2.45, 2.75) is 112 Å². The van der Waals surface area contributed by atoms with Gasteiger partial charge in [-0.3, -0.25) is 0 Å². The van der Waals surface area contributed by atoms with E-state index < -0.39 is 0 Å². The molecule has 0 aromatic carbocycles. The summed E-state index contributed by atoms with van der Waals surface area (Å²) in [5.41, 5.74) is 0. The minimum atomic E-state index is 0.903. The Labute approximate surface area is 130 Å². The van der Waals surface area contributed by atoms with Crippen LogP contribution in [0.25, 0.3) is 0 Å². The minimum Gasteiger partial charge on any atom is -0.0654 e. The van der Waals surface area contributed by atoms with E-state index in [1.807, 2.05) is 0 Å². The van der Waals surface area contributed by atoms with Crippen LogP contribution in [0.3, 0.4) is 0 Å². The molecule has 1 rings (SSSR count). The van der Waals surface area contributed by atoms with Crippen LogP contribution < -0.4 is 0 Å². The van der Waals surface area contributed by atoms with Crippen LogP contribution in [0, 0.1) is 17.8 Å². The highest BCUT2D eigenvalue weighted by atomic mass is 14.3. The topological polar surface area (TPSA) is 0 Å². The Kier molecular flexibility index (Phi) is 14.0. The summed E-state index contributed by atoms with van der Waals surface area (Å²) >= 11 is 0. The zero-order valence-electron chi connectivity index (χ0n) is 15.2. The van der Waals surface area contributed by atoms with Gasteiger partial charge >= 0.3 is 0 Å². The SMILES string of the molecule is CC(C)CC1CCCCC1C.CCCCCCCCC. The molecule has 2 atom stereocenters. The van der Waals surface area contributed by atoms with Gasteiger partial charge < -0.3 is 0 Å². The zero-order chi connectivity index (χ0) is 15.2. The average Bonchev–Trinajstić information content (AvgIpc) is 2.42. The predicted molar refractivity (Wildman–Crippen MR) is 94.2 cm³/mol. The third-order valence-electron chi connectivity index (χ3n) is 4.77. The van der Waals surface area contributed by atoms with Gasteiger partial charge in [-0.15, -0.1) is 0 Å². The molecule has 1 aliphatic carbocycles. The largest absolute Gasteiger partial charge is 0.0654 e. The molecule has 0 N–H and O–H groups in total. The first-order valence-corrected chi connectivity index (χ1v) is 9.61. The highest BCUT2D eigenvalue weighted by Gasteiger charge is 2.21. The van der Waals surface area contributed by atoms with E-state index in [-0.39, 0.29) is 0 Å². The molecule has 1 saturated carbocycles. The van der Waals surface area contributed by atoms with Crippen LogP contribution >= 0.6 is 0 Å². The van der Waals surface area contributed by atoms with E-state index in [0.29, 0.717) is 0 Å². The molecule has 0 nitrogen and oxygen atoms in total. The number of rotatable bonds is 8. The van der Waals surface area contributed by atoms with E-state index in [0.717, 1.165) is 17.8 Å². The van der Waals surface area contributed by atoms with Gasteiger partial charge in [-0.05, 0) is 24.2 Å². The fourth-order valence-electron chi connectivity index (χ4n) is 3.38. The summed E-state index contributed by atoms with van der Waals surface area (Å²) in [7, 11) is 0. The maximum Gasteiger partial charge on any atom is -0.0386 e. The first kappa shape index (κ1) is 20.0. The van der Waals surface area contributed by atoms with Gasteiger partial charge in [-0.25, -0.2) is 0 Å². The molecule has 0 aromatic heterocycles. The highest BCUT2D eigenvalue weighted by Crippen LogP contribution is 2.33. The highest BCUT2D eigenvalue weighted by molar-refractivity contribution is 4.72. The van der Waals surface area contributed by atoms with Gasteiger partial charge in [0, 0.05) is 0 Å². The van der Waals surface area contributed by atoms with E-state index in [2.05, 4.69) is 34.6 Å². The Morgan fingerprint density at radius 1 is 0.800 bits per heavy atom. The normalized spacial score (nSPS) is 22.5. The van der Waals surface area contributed by atoms with Crippen molar-refractivity contribution < 1.29 is 0 Å². The molecule has 0 heteroatoms. The summed E-state index contributed by atoms with van der Waals surface area (Å²) in [6.45, 7) is 11.7. The van der Waals surface area contributed by atoms with Crippen molar-refractivity contribution in [2.24, 2.45) is 17.8 Å². The van der Waals surface area contributed by atoms with E-state index in [1.54, 1.807) is 0 Å². The van der Waals surface area contributed by atoms with Crippen LogP contribution in [-0.2, 0) is 0 Å². The monoisotopic (exact) mass is 282 g/mol. The lowest BCUT2D eigenvalue weighted by molar-refractivity contribution is 0.220. The van der Waals surface area contributed by atoms with Crippen molar-refractivity contribution in [3.63, 3.8) is 0 Å². The molecule has 0 aromatic rings. The van der Waals surface area contributed by atoms with Crippen LogP contribution in [0.2, 0.25) is 0 Å². The van der Waals surface area contributed by atoms with Crippen molar-refractivity contribution in [1.82, 2.24) is 0 Å². The number of hydrogen-bond donors (Lipinski definition) is 0. The first-order chi connectivity index (χ1) is 9.61. The second-order valence-corrected chi connectivity index (χ2v) is 7.42. The van der Waals surface area contributed by atoms with Crippen LogP contribution in [0.1, 0.15) is 112 Å². The quantitative estimate of drug-likeness (QED) is 0.402. The van der Waals surface area contributed by atoms with Crippen molar-refractivity contribution in [2.75, 3.05) is 0 Å². The summed E-state index contributed by atoms with van der Waals surface area (Å²) in [5, 5.41) is 0. The second-order valence-electron chi connectivity index (χ2n) is 7.42. The van der Waals surface area contributed by atoms with Crippen LogP contribution in [-0.4, -0.2) is 0 Å². The Hall–Kier alpha value is 0. The molecule has 20 heavy (non-hydrogen) atoms. The molecular weight excluding hydrogens is 240 g/mol. The summed E-state index contributed by atoms with van der Waals surface area (Å²) in [5.74, 6) is 2.95. The molecular formula is C20H42. The van der Waals surface area contributed by atoms with Crippen molar-refractivity contribution >= 4 is 0 Å². The van der Waals surface area contributed by atoms with E-state index in [4.69, 9.17) is 0 Å². The van der Waals surface area contributed by atoms with E-state index >= 15 is 0 Å². The van der Waals surface area contributed by atoms with Gasteiger partial charge in [-0.1, -0.05) is 105 Å². The summed E-state index contributed by atoms with van der Waals surface area (Å²) in [4.78, 5) is 0. The van der Waals surface area contributed by atoms with E-state index in [9.17, 15) is 0 Å². The molecule has 0 amide bonds. The van der Waals surface area contributed by atoms with Gasteiger partial charge in [0.2, 0.25) is 0 Å². The Morgan fingerprint density at radius 3 is 1.75 bits per heavy atom. The van der Waals surface area contributed by atoms with Crippen molar-refractivity contribution in [3.8, 4) is 0 Å². The molecule has 0 radical (unpaired) electrons. The maximum absolute atomic E-state index is 2.44. The molecule has 1 aliphatic rings. The Bertz CT molecular complexity index is 176. The Balaban J connectivity index is 0.000000370. The molecule has 1 fully saturated rings. The van der Waals surface area contributed by atoms with E-state index in [1.165, 1.54) is 77.0 Å². The van der Waals surface area contributed by atoms with Gasteiger partial charge in [0.25, 0.3) is 0 Å². The number of unbranched alkanes of at least 4 members (excludes halogenated alkanes) is 6. The second kappa shape index (κ2) is 14.0. The molecule has 2 unspecified atom stereocenters. The Morgan fingerprint density at radius 2 is 1.30 bits per heavy atom. The standard InChI is InChI=1S/C11H22.C9H20/c1-9(2)8-11-7-5-4-6-10(11)3;1-3-5-7-9-8-6-4-2/h9-11H,4-8H2,1-3H3;3-9H2,1-2H3. The van der Waals surface area contributed by atoms with Gasteiger partial charge in [0.1, 0.15) is 0 Å². The van der Waals surface area contributed by atoms with Crippen LogP contribution in [0.5, 0.6) is 0 Å². The molecule has 122 valence electrons. The van der Waals surface area contributed by atoms with Gasteiger partial charge in [0.05, 0.1) is 0 Å². The van der Waals surface area contributed by atoms with Crippen molar-refractivity contribution in [1.29, 1.82) is 0 Å². The molecule has 0 bridgehead atoms. The van der Waals surface area contributed by atoms with Gasteiger partial charge in [-0.2, -0.15) is 0 Å². The lowest BCUT2D eigenvalue weighted by Crippen LogP contribution is -2.18. The third kappa shape index (κ3) is 11.8. The fraction of sp³-hybridized carbons (Fsp3) is 1.00. The third-order valence-corrected chi connectivity index (χ3v) is 4.77. The van der Waals surface area contributed by atoms with Crippen LogP contribution in [0.4, 0.5) is 0 Å². The lowest BCUT2D eigenvalue weighted by Gasteiger charge is -2.29. The molecule has 0 heterocycles.